The van der Waals surface area contributed by atoms with Gasteiger partial charge >= 0.3 is 18.0 Å². The number of amides is 4. The van der Waals surface area contributed by atoms with E-state index < -0.39 is 66.3 Å². The molecule has 13 heteroatoms. The molecule has 254 valence electrons. The average Bonchev–Trinajstić information content (AvgIpc) is 3.58. The van der Waals surface area contributed by atoms with Gasteiger partial charge in [0.25, 0.3) is 0 Å². The molecule has 5 unspecified atom stereocenters. The molecule has 1 aliphatic rings. The van der Waals surface area contributed by atoms with Gasteiger partial charge in [0.1, 0.15) is 30.8 Å². The molecule has 1 aliphatic heterocycles. The van der Waals surface area contributed by atoms with Crippen LogP contribution in [0.15, 0.2) is 60.7 Å². The zero-order valence-electron chi connectivity index (χ0n) is 27.0. The third-order valence-corrected chi connectivity index (χ3v) is 8.17. The number of esters is 1. The average molecular weight is 653 g/mol. The summed E-state index contributed by atoms with van der Waals surface area (Å²) in [5.41, 5.74) is 1.56. The fraction of sp³-hybridized carbons (Fsp3) is 0.471. The predicted molar refractivity (Wildman–Crippen MR) is 171 cm³/mol. The van der Waals surface area contributed by atoms with E-state index in [1.165, 1.54) is 12.0 Å². The standard InChI is InChI=1S/C34H44N4O9/c1-4-22(2)29(37-34(45)47-21-24-14-9-6-10-15-24)31(42)35-25(17-18-28(39)40)32(43)38-19-11-16-27(38)30(41)36-26(33(44)46-3)20-23-12-7-5-8-13-23/h5-10,12-15,22,25-27,29H,4,11,16-21H2,1-3H3,(H,35,42)(H,36,41)(H,37,45)(H,39,40). The van der Waals surface area contributed by atoms with Crippen LogP contribution in [0.1, 0.15) is 57.1 Å². The van der Waals surface area contributed by atoms with Crippen molar-refractivity contribution in [1.29, 1.82) is 0 Å². The number of benzene rings is 2. The maximum Gasteiger partial charge on any atom is 0.408 e. The molecule has 0 spiro atoms. The van der Waals surface area contributed by atoms with E-state index in [0.717, 1.165) is 11.1 Å². The molecule has 0 radical (unpaired) electrons. The fourth-order valence-corrected chi connectivity index (χ4v) is 5.34. The summed E-state index contributed by atoms with van der Waals surface area (Å²) < 4.78 is 10.2. The Balaban J connectivity index is 1.73. The van der Waals surface area contributed by atoms with Gasteiger partial charge in [-0.1, -0.05) is 80.9 Å². The Morgan fingerprint density at radius 2 is 1.55 bits per heavy atom. The highest BCUT2D eigenvalue weighted by Gasteiger charge is 2.40. The van der Waals surface area contributed by atoms with Crippen LogP contribution in [0.25, 0.3) is 0 Å². The van der Waals surface area contributed by atoms with Gasteiger partial charge in [0.2, 0.25) is 17.7 Å². The number of hydrogen-bond acceptors (Lipinski definition) is 8. The molecule has 3 rings (SSSR count). The first-order valence-corrected chi connectivity index (χ1v) is 15.8. The molecule has 0 bridgehead atoms. The number of carboxylic acids is 1. The Labute approximate surface area is 274 Å². The van der Waals surface area contributed by atoms with Gasteiger partial charge < -0.3 is 35.4 Å². The van der Waals surface area contributed by atoms with Gasteiger partial charge in [-0.2, -0.15) is 0 Å². The van der Waals surface area contributed by atoms with E-state index in [4.69, 9.17) is 9.47 Å². The number of likely N-dealkylation sites (tertiary alicyclic amines) is 1. The number of carbonyl (C=O) groups excluding carboxylic acids is 5. The van der Waals surface area contributed by atoms with E-state index in [9.17, 15) is 33.9 Å². The molecule has 1 heterocycles. The monoisotopic (exact) mass is 652 g/mol. The number of carboxylic acid groups (broad SMARTS) is 1. The molecule has 0 aliphatic carbocycles. The Morgan fingerprint density at radius 3 is 2.15 bits per heavy atom. The molecular formula is C34H44N4O9. The van der Waals surface area contributed by atoms with Crippen molar-refractivity contribution in [2.24, 2.45) is 5.92 Å². The van der Waals surface area contributed by atoms with Gasteiger partial charge in [-0.25, -0.2) is 9.59 Å². The van der Waals surface area contributed by atoms with Crippen LogP contribution in [0.4, 0.5) is 4.79 Å². The molecule has 0 aromatic heterocycles. The van der Waals surface area contributed by atoms with Gasteiger partial charge in [-0.15, -0.1) is 0 Å². The van der Waals surface area contributed by atoms with Crippen LogP contribution in [0.5, 0.6) is 0 Å². The number of carbonyl (C=O) groups is 6. The molecule has 2 aromatic rings. The Bertz CT molecular complexity index is 1370. The molecule has 1 saturated heterocycles. The number of hydrogen-bond donors (Lipinski definition) is 4. The third kappa shape index (κ3) is 11.1. The van der Waals surface area contributed by atoms with Crippen LogP contribution >= 0.6 is 0 Å². The van der Waals surface area contributed by atoms with Crippen LogP contribution in [0.2, 0.25) is 0 Å². The van der Waals surface area contributed by atoms with E-state index >= 15 is 0 Å². The number of nitrogens with zero attached hydrogens (tertiary/aromatic N) is 1. The van der Waals surface area contributed by atoms with E-state index in [-0.39, 0.29) is 31.9 Å². The first-order chi connectivity index (χ1) is 22.5. The van der Waals surface area contributed by atoms with Crippen LogP contribution in [-0.4, -0.2) is 83.6 Å². The summed E-state index contributed by atoms with van der Waals surface area (Å²) >= 11 is 0. The van der Waals surface area contributed by atoms with Crippen LogP contribution < -0.4 is 16.0 Å². The normalized spacial score (nSPS) is 16.6. The summed E-state index contributed by atoms with van der Waals surface area (Å²) in [6.07, 6.45) is -0.0256. The maximum atomic E-state index is 13.9. The lowest BCUT2D eigenvalue weighted by Crippen LogP contribution is -2.58. The molecule has 5 atom stereocenters. The van der Waals surface area contributed by atoms with Gasteiger partial charge in [0.15, 0.2) is 0 Å². The quantitative estimate of drug-likeness (QED) is 0.198. The maximum absolute atomic E-state index is 13.9. The first kappa shape index (κ1) is 36.5. The topological polar surface area (TPSA) is 180 Å². The Kier molecular flexibility index (Phi) is 14.2. The predicted octanol–water partition coefficient (Wildman–Crippen LogP) is 2.57. The zero-order chi connectivity index (χ0) is 34.3. The molecule has 47 heavy (non-hydrogen) atoms. The number of nitrogens with one attached hydrogen (secondary N) is 3. The highest BCUT2D eigenvalue weighted by molar-refractivity contribution is 5.95. The summed E-state index contributed by atoms with van der Waals surface area (Å²) in [5, 5.41) is 17.3. The minimum Gasteiger partial charge on any atom is -0.481 e. The lowest BCUT2D eigenvalue weighted by atomic mass is 9.97. The van der Waals surface area contributed by atoms with Crippen molar-refractivity contribution in [3.8, 4) is 0 Å². The summed E-state index contributed by atoms with van der Waals surface area (Å²) in [6, 6.07) is 13.8. The Morgan fingerprint density at radius 1 is 0.915 bits per heavy atom. The largest absolute Gasteiger partial charge is 0.481 e. The van der Waals surface area contributed by atoms with Crippen molar-refractivity contribution in [3.63, 3.8) is 0 Å². The smallest absolute Gasteiger partial charge is 0.408 e. The molecule has 2 aromatic carbocycles. The van der Waals surface area contributed by atoms with Crippen molar-refractivity contribution in [3.05, 3.63) is 71.8 Å². The van der Waals surface area contributed by atoms with Gasteiger partial charge in [0, 0.05) is 19.4 Å². The number of alkyl carbamates (subject to hydrolysis) is 1. The molecule has 0 saturated carbocycles. The summed E-state index contributed by atoms with van der Waals surface area (Å²) in [7, 11) is 1.22. The number of methoxy groups -OCH3 is 1. The van der Waals surface area contributed by atoms with Gasteiger partial charge in [0.05, 0.1) is 7.11 Å². The summed E-state index contributed by atoms with van der Waals surface area (Å²) in [6.45, 7) is 3.77. The highest BCUT2D eigenvalue weighted by atomic mass is 16.5. The molecule has 1 fully saturated rings. The summed E-state index contributed by atoms with van der Waals surface area (Å²) in [4.78, 5) is 78.8. The van der Waals surface area contributed by atoms with Crippen molar-refractivity contribution < 1.29 is 43.3 Å². The lowest BCUT2D eigenvalue weighted by Gasteiger charge is -2.31. The minimum atomic E-state index is -1.29. The molecular weight excluding hydrogens is 608 g/mol. The van der Waals surface area contributed by atoms with Crippen molar-refractivity contribution in [2.75, 3.05) is 13.7 Å². The number of rotatable bonds is 16. The van der Waals surface area contributed by atoms with Crippen LogP contribution in [0.3, 0.4) is 0 Å². The van der Waals surface area contributed by atoms with Gasteiger partial charge in [-0.3, -0.25) is 19.2 Å². The van der Waals surface area contributed by atoms with Crippen LogP contribution in [0, 0.1) is 5.92 Å². The molecule has 4 N–H and O–H groups in total. The second-order valence-corrected chi connectivity index (χ2v) is 11.5. The molecule has 13 nitrogen and oxygen atoms in total. The minimum absolute atomic E-state index is 0.0121. The lowest BCUT2D eigenvalue weighted by molar-refractivity contribution is -0.147. The third-order valence-electron chi connectivity index (χ3n) is 8.17. The zero-order valence-corrected chi connectivity index (χ0v) is 27.0. The second kappa shape index (κ2) is 18.3. The van der Waals surface area contributed by atoms with E-state index in [1.807, 2.05) is 43.3 Å². The van der Waals surface area contributed by atoms with Gasteiger partial charge in [-0.05, 0) is 36.3 Å². The number of aliphatic carboxylic acids is 1. The van der Waals surface area contributed by atoms with Crippen molar-refractivity contribution >= 4 is 35.8 Å². The highest BCUT2D eigenvalue weighted by Crippen LogP contribution is 2.21. The Hall–Kier alpha value is -4.94. The van der Waals surface area contributed by atoms with E-state index in [1.54, 1.807) is 31.2 Å². The first-order valence-electron chi connectivity index (χ1n) is 15.8. The molecule has 4 amide bonds. The number of ether oxygens (including phenoxy) is 2. The fourth-order valence-electron chi connectivity index (χ4n) is 5.34. The van der Waals surface area contributed by atoms with E-state index in [2.05, 4.69) is 16.0 Å². The van der Waals surface area contributed by atoms with Crippen molar-refractivity contribution in [1.82, 2.24) is 20.9 Å². The second-order valence-electron chi connectivity index (χ2n) is 11.5. The van der Waals surface area contributed by atoms with E-state index in [0.29, 0.717) is 19.3 Å². The summed E-state index contributed by atoms with van der Waals surface area (Å²) in [5.74, 6) is -4.06. The van der Waals surface area contributed by atoms with Crippen LogP contribution in [-0.2, 0) is 46.5 Å². The SMILES string of the molecule is CCC(C)C(NC(=O)OCc1ccccc1)C(=O)NC(CCC(=O)O)C(=O)N1CCCC1C(=O)NC(Cc1ccccc1)C(=O)OC. The van der Waals surface area contributed by atoms with Crippen molar-refractivity contribution in [2.45, 2.75) is 83.1 Å².